The van der Waals surface area contributed by atoms with Crippen molar-refractivity contribution in [3.8, 4) is 0 Å². The van der Waals surface area contributed by atoms with E-state index in [9.17, 15) is 9.59 Å². The van der Waals surface area contributed by atoms with Gasteiger partial charge in [-0.15, -0.1) is 0 Å². The van der Waals surface area contributed by atoms with Gasteiger partial charge < -0.3 is 10.4 Å². The normalized spacial score (nSPS) is 11.9. The molecule has 1 aromatic rings. The molecule has 0 radical (unpaired) electrons. The summed E-state index contributed by atoms with van der Waals surface area (Å²) in [7, 11) is 0. The monoisotopic (exact) mass is 283 g/mol. The average molecular weight is 284 g/mol. The highest BCUT2D eigenvalue weighted by Crippen LogP contribution is 2.11. The van der Waals surface area contributed by atoms with Crippen molar-refractivity contribution < 1.29 is 14.7 Å². The van der Waals surface area contributed by atoms with Crippen LogP contribution in [0.15, 0.2) is 24.3 Å². The first kappa shape index (κ1) is 15.7. The predicted molar refractivity (Wildman–Crippen MR) is 74.3 cm³/mol. The van der Waals surface area contributed by atoms with Crippen LogP contribution < -0.4 is 5.32 Å². The van der Waals surface area contributed by atoms with Crippen LogP contribution in [0.5, 0.6) is 0 Å². The molecule has 1 unspecified atom stereocenters. The minimum absolute atomic E-state index is 0.0240. The topological polar surface area (TPSA) is 66.4 Å². The Morgan fingerprint density at radius 3 is 2.47 bits per heavy atom. The van der Waals surface area contributed by atoms with Crippen LogP contribution in [-0.4, -0.2) is 29.9 Å². The number of aliphatic hydroxyl groups is 1. The standard InChI is InChI=1S/C14H18ClNO3/c1-10(9-17)8-16-14(19)7-6-13(18)11-2-4-12(15)5-3-11/h2-5,10,17H,6-9H2,1H3,(H,16,19). The molecule has 0 fully saturated rings. The Kier molecular flexibility index (Phi) is 6.53. The molecular formula is C14H18ClNO3. The fourth-order valence-electron chi connectivity index (χ4n) is 1.45. The quantitative estimate of drug-likeness (QED) is 0.753. The molecule has 5 heteroatoms. The first-order chi connectivity index (χ1) is 9.02. The molecule has 2 N–H and O–H groups in total. The van der Waals surface area contributed by atoms with Crippen molar-refractivity contribution in [1.82, 2.24) is 5.32 Å². The van der Waals surface area contributed by atoms with Gasteiger partial charge in [0.05, 0.1) is 0 Å². The van der Waals surface area contributed by atoms with Crippen LogP contribution in [0.3, 0.4) is 0 Å². The summed E-state index contributed by atoms with van der Waals surface area (Å²) in [5, 5.41) is 12.1. The zero-order chi connectivity index (χ0) is 14.3. The molecule has 1 amide bonds. The van der Waals surface area contributed by atoms with Crippen molar-refractivity contribution in [2.75, 3.05) is 13.2 Å². The van der Waals surface area contributed by atoms with Gasteiger partial charge in [-0.3, -0.25) is 9.59 Å². The number of ketones is 1. The smallest absolute Gasteiger partial charge is 0.220 e. The van der Waals surface area contributed by atoms with Crippen LogP contribution in [0.1, 0.15) is 30.1 Å². The summed E-state index contributed by atoms with van der Waals surface area (Å²) in [6.07, 6.45) is 0.320. The number of aliphatic hydroxyl groups excluding tert-OH is 1. The fourth-order valence-corrected chi connectivity index (χ4v) is 1.57. The second kappa shape index (κ2) is 7.92. The number of halogens is 1. The van der Waals surface area contributed by atoms with E-state index >= 15 is 0 Å². The molecule has 1 rings (SSSR count). The van der Waals surface area contributed by atoms with E-state index < -0.39 is 0 Å². The van der Waals surface area contributed by atoms with Gasteiger partial charge >= 0.3 is 0 Å². The minimum Gasteiger partial charge on any atom is -0.396 e. The molecule has 0 aromatic heterocycles. The number of rotatable bonds is 7. The molecule has 19 heavy (non-hydrogen) atoms. The van der Waals surface area contributed by atoms with Crippen molar-refractivity contribution in [1.29, 1.82) is 0 Å². The van der Waals surface area contributed by atoms with E-state index in [1.165, 1.54) is 0 Å². The number of carbonyl (C=O) groups excluding carboxylic acids is 2. The lowest BCUT2D eigenvalue weighted by Crippen LogP contribution is -2.29. The molecule has 4 nitrogen and oxygen atoms in total. The van der Waals surface area contributed by atoms with Crippen LogP contribution in [0.4, 0.5) is 0 Å². The summed E-state index contributed by atoms with van der Waals surface area (Å²) in [4.78, 5) is 23.3. The van der Waals surface area contributed by atoms with Gasteiger partial charge in [0.1, 0.15) is 0 Å². The second-order valence-corrected chi connectivity index (χ2v) is 4.96. The van der Waals surface area contributed by atoms with Gasteiger partial charge in [0.15, 0.2) is 5.78 Å². The largest absolute Gasteiger partial charge is 0.396 e. The molecule has 0 saturated heterocycles. The average Bonchev–Trinajstić information content (AvgIpc) is 2.42. The lowest BCUT2D eigenvalue weighted by atomic mass is 10.1. The third-order valence-corrected chi connectivity index (χ3v) is 2.96. The number of amides is 1. The SMILES string of the molecule is CC(CO)CNC(=O)CCC(=O)c1ccc(Cl)cc1. The third kappa shape index (κ3) is 5.85. The van der Waals surface area contributed by atoms with Crippen LogP contribution in [0, 0.1) is 5.92 Å². The van der Waals surface area contributed by atoms with Gasteiger partial charge in [0.2, 0.25) is 5.91 Å². The van der Waals surface area contributed by atoms with E-state index in [2.05, 4.69) is 5.32 Å². The number of benzene rings is 1. The highest BCUT2D eigenvalue weighted by molar-refractivity contribution is 6.30. The second-order valence-electron chi connectivity index (χ2n) is 4.52. The summed E-state index contributed by atoms with van der Waals surface area (Å²) in [6.45, 7) is 2.29. The Bertz CT molecular complexity index is 431. The Balaban J connectivity index is 2.34. The van der Waals surface area contributed by atoms with Crippen molar-refractivity contribution in [2.45, 2.75) is 19.8 Å². The van der Waals surface area contributed by atoms with Gasteiger partial charge in [-0.25, -0.2) is 0 Å². The molecule has 0 saturated carbocycles. The van der Waals surface area contributed by atoms with Crippen LogP contribution in [0.25, 0.3) is 0 Å². The maximum absolute atomic E-state index is 11.8. The fraction of sp³-hybridized carbons (Fsp3) is 0.429. The minimum atomic E-state index is -0.178. The molecule has 1 aromatic carbocycles. The number of Topliss-reactive ketones (excluding diaryl/α,β-unsaturated/α-hetero) is 1. The molecular weight excluding hydrogens is 266 g/mol. The maximum atomic E-state index is 11.8. The van der Waals surface area contributed by atoms with Gasteiger partial charge in [0, 0.05) is 36.6 Å². The number of carbonyl (C=O) groups is 2. The highest BCUT2D eigenvalue weighted by atomic mass is 35.5. The van der Waals surface area contributed by atoms with Crippen LogP contribution in [0.2, 0.25) is 5.02 Å². The van der Waals surface area contributed by atoms with E-state index in [1.807, 2.05) is 6.92 Å². The predicted octanol–water partition coefficient (Wildman–Crippen LogP) is 2.05. The lowest BCUT2D eigenvalue weighted by molar-refractivity contribution is -0.121. The first-order valence-corrected chi connectivity index (χ1v) is 6.57. The van der Waals surface area contributed by atoms with E-state index in [0.29, 0.717) is 17.1 Å². The molecule has 1 atom stereocenters. The van der Waals surface area contributed by atoms with Gasteiger partial charge in [-0.1, -0.05) is 18.5 Å². The van der Waals surface area contributed by atoms with Crippen molar-refractivity contribution >= 4 is 23.3 Å². The van der Waals surface area contributed by atoms with E-state index in [0.717, 1.165) is 0 Å². The molecule has 0 heterocycles. The van der Waals surface area contributed by atoms with Crippen molar-refractivity contribution in [2.24, 2.45) is 5.92 Å². The highest BCUT2D eigenvalue weighted by Gasteiger charge is 2.10. The number of hydrogen-bond acceptors (Lipinski definition) is 3. The Morgan fingerprint density at radius 1 is 1.26 bits per heavy atom. The zero-order valence-corrected chi connectivity index (χ0v) is 11.6. The van der Waals surface area contributed by atoms with Crippen LogP contribution in [-0.2, 0) is 4.79 Å². The summed E-state index contributed by atoms with van der Waals surface area (Å²) in [5.74, 6) is -0.236. The summed E-state index contributed by atoms with van der Waals surface area (Å²) >= 11 is 5.73. The van der Waals surface area contributed by atoms with E-state index in [4.69, 9.17) is 16.7 Å². The maximum Gasteiger partial charge on any atom is 0.220 e. The van der Waals surface area contributed by atoms with Gasteiger partial charge in [-0.2, -0.15) is 0 Å². The molecule has 0 aliphatic heterocycles. The first-order valence-electron chi connectivity index (χ1n) is 6.19. The summed E-state index contributed by atoms with van der Waals surface area (Å²) in [5.41, 5.74) is 0.556. The molecule has 0 bridgehead atoms. The third-order valence-electron chi connectivity index (χ3n) is 2.70. The number of nitrogens with one attached hydrogen (secondary N) is 1. The Hall–Kier alpha value is -1.39. The van der Waals surface area contributed by atoms with Crippen LogP contribution >= 0.6 is 11.6 Å². The Labute approximate surface area is 117 Å². The Morgan fingerprint density at radius 2 is 1.89 bits per heavy atom. The van der Waals surface area contributed by atoms with Crippen molar-refractivity contribution in [3.63, 3.8) is 0 Å². The van der Waals surface area contributed by atoms with E-state index in [1.54, 1.807) is 24.3 Å². The molecule has 104 valence electrons. The van der Waals surface area contributed by atoms with E-state index in [-0.39, 0.29) is 37.1 Å². The summed E-state index contributed by atoms with van der Waals surface area (Å²) < 4.78 is 0. The molecule has 0 spiro atoms. The van der Waals surface area contributed by atoms with Crippen molar-refractivity contribution in [3.05, 3.63) is 34.9 Å². The van der Waals surface area contributed by atoms with Gasteiger partial charge in [-0.05, 0) is 30.2 Å². The molecule has 0 aliphatic rings. The summed E-state index contributed by atoms with van der Waals surface area (Å²) in [6, 6.07) is 6.60. The number of hydrogen-bond donors (Lipinski definition) is 2. The lowest BCUT2D eigenvalue weighted by Gasteiger charge is -2.09. The zero-order valence-electron chi connectivity index (χ0n) is 10.9. The van der Waals surface area contributed by atoms with Gasteiger partial charge in [0.25, 0.3) is 0 Å². The molecule has 0 aliphatic carbocycles.